The molecule has 2 rings (SSSR count). The third-order valence-corrected chi connectivity index (χ3v) is 3.64. The van der Waals surface area contributed by atoms with Gasteiger partial charge in [0.1, 0.15) is 6.54 Å². The van der Waals surface area contributed by atoms with Crippen molar-refractivity contribution in [3.8, 4) is 0 Å². The number of aliphatic hydroxyl groups excluding tert-OH is 1. The van der Waals surface area contributed by atoms with Gasteiger partial charge in [-0.25, -0.2) is 4.79 Å². The van der Waals surface area contributed by atoms with Crippen molar-refractivity contribution in [2.75, 3.05) is 11.4 Å². The lowest BCUT2D eigenvalue weighted by Crippen LogP contribution is -2.51. The lowest BCUT2D eigenvalue weighted by Gasteiger charge is -2.31. The third-order valence-electron chi connectivity index (χ3n) is 3.64. The van der Waals surface area contributed by atoms with E-state index in [1.54, 1.807) is 30.3 Å². The topological polar surface area (TPSA) is 89.9 Å². The first-order valence-corrected chi connectivity index (χ1v) is 7.11. The summed E-state index contributed by atoms with van der Waals surface area (Å²) in [6.07, 6.45) is 2.71. The van der Waals surface area contributed by atoms with Gasteiger partial charge in [-0.3, -0.25) is 9.69 Å². The summed E-state index contributed by atoms with van der Waals surface area (Å²) in [7, 11) is 0. The fraction of sp³-hybridized carbons (Fsp3) is 0.467. The van der Waals surface area contributed by atoms with Crippen LogP contribution in [-0.2, 0) is 4.79 Å². The number of hydrogen-bond donors (Lipinski definition) is 3. The number of anilines is 1. The van der Waals surface area contributed by atoms with Crippen LogP contribution in [0, 0.1) is 0 Å². The van der Waals surface area contributed by atoms with Gasteiger partial charge in [0.05, 0.1) is 12.1 Å². The molecule has 0 bridgehead atoms. The number of carboxylic acid groups (broad SMARTS) is 1. The van der Waals surface area contributed by atoms with Gasteiger partial charge in [-0.15, -0.1) is 0 Å². The molecular formula is C15H20N2O4. The first-order chi connectivity index (χ1) is 10.1. The van der Waals surface area contributed by atoms with Crippen molar-refractivity contribution in [3.05, 3.63) is 30.3 Å². The molecular weight excluding hydrogens is 272 g/mol. The van der Waals surface area contributed by atoms with Crippen LogP contribution in [0.3, 0.4) is 0 Å². The smallest absolute Gasteiger partial charge is 0.323 e. The second kappa shape index (κ2) is 7.08. The fourth-order valence-electron chi connectivity index (χ4n) is 2.54. The van der Waals surface area contributed by atoms with E-state index < -0.39 is 24.6 Å². The SMILES string of the molecule is O=C(O)CN(C(=O)NC1CCCCC1O)c1ccccc1. The van der Waals surface area contributed by atoms with E-state index in [1.807, 2.05) is 0 Å². The normalized spacial score (nSPS) is 21.6. The maximum Gasteiger partial charge on any atom is 0.323 e. The zero-order valence-corrected chi connectivity index (χ0v) is 11.7. The Morgan fingerprint density at radius 3 is 2.48 bits per heavy atom. The average molecular weight is 292 g/mol. The average Bonchev–Trinajstić information content (AvgIpc) is 2.48. The Balaban J connectivity index is 2.09. The van der Waals surface area contributed by atoms with Gasteiger partial charge in [-0.1, -0.05) is 31.0 Å². The highest BCUT2D eigenvalue weighted by molar-refractivity contribution is 5.96. The van der Waals surface area contributed by atoms with E-state index in [-0.39, 0.29) is 6.04 Å². The van der Waals surface area contributed by atoms with Crippen LogP contribution < -0.4 is 10.2 Å². The zero-order chi connectivity index (χ0) is 15.2. The number of rotatable bonds is 4. The zero-order valence-electron chi connectivity index (χ0n) is 11.7. The Hall–Kier alpha value is -2.08. The molecule has 6 heteroatoms. The Morgan fingerprint density at radius 1 is 1.19 bits per heavy atom. The molecule has 3 N–H and O–H groups in total. The monoisotopic (exact) mass is 292 g/mol. The number of nitrogens with one attached hydrogen (secondary N) is 1. The van der Waals surface area contributed by atoms with E-state index in [2.05, 4.69) is 5.32 Å². The molecule has 0 aliphatic heterocycles. The minimum absolute atomic E-state index is 0.314. The van der Waals surface area contributed by atoms with Crippen LogP contribution in [0.4, 0.5) is 10.5 Å². The maximum absolute atomic E-state index is 12.3. The Bertz CT molecular complexity index is 492. The summed E-state index contributed by atoms with van der Waals surface area (Å²) in [6.45, 7) is -0.418. The van der Waals surface area contributed by atoms with Crippen LogP contribution in [0.15, 0.2) is 30.3 Å². The highest BCUT2D eigenvalue weighted by atomic mass is 16.4. The predicted octanol–water partition coefficient (Wildman–Crippen LogP) is 1.59. The number of aliphatic carboxylic acids is 1. The predicted molar refractivity (Wildman–Crippen MR) is 78.2 cm³/mol. The second-order valence-electron chi connectivity index (χ2n) is 5.22. The Kier molecular flexibility index (Phi) is 5.16. The molecule has 6 nitrogen and oxygen atoms in total. The summed E-state index contributed by atoms with van der Waals surface area (Å²) in [6, 6.07) is 7.84. The minimum atomic E-state index is -1.09. The van der Waals surface area contributed by atoms with Crippen molar-refractivity contribution in [1.29, 1.82) is 0 Å². The van der Waals surface area contributed by atoms with E-state index in [0.29, 0.717) is 18.5 Å². The van der Waals surface area contributed by atoms with E-state index in [0.717, 1.165) is 12.8 Å². The van der Waals surface area contributed by atoms with E-state index in [4.69, 9.17) is 5.11 Å². The van der Waals surface area contributed by atoms with Gasteiger partial charge in [0.25, 0.3) is 0 Å². The first kappa shape index (κ1) is 15.3. The van der Waals surface area contributed by atoms with Gasteiger partial charge in [0.2, 0.25) is 0 Å². The molecule has 2 unspecified atom stereocenters. The molecule has 0 radical (unpaired) electrons. The molecule has 1 aliphatic rings. The molecule has 1 fully saturated rings. The Morgan fingerprint density at radius 2 is 1.86 bits per heavy atom. The lowest BCUT2D eigenvalue weighted by atomic mass is 9.93. The van der Waals surface area contributed by atoms with Gasteiger partial charge in [0.15, 0.2) is 0 Å². The molecule has 1 aliphatic carbocycles. The van der Waals surface area contributed by atoms with Crippen molar-refractivity contribution in [3.63, 3.8) is 0 Å². The summed E-state index contributed by atoms with van der Waals surface area (Å²) >= 11 is 0. The number of aliphatic hydroxyl groups is 1. The number of urea groups is 1. The number of amides is 2. The van der Waals surface area contributed by atoms with Crippen LogP contribution in [-0.4, -0.2) is 40.9 Å². The molecule has 2 atom stereocenters. The second-order valence-corrected chi connectivity index (χ2v) is 5.22. The summed E-state index contributed by atoms with van der Waals surface area (Å²) < 4.78 is 0. The van der Waals surface area contributed by atoms with E-state index in [9.17, 15) is 14.7 Å². The van der Waals surface area contributed by atoms with Crippen LogP contribution in [0.1, 0.15) is 25.7 Å². The number of carbonyl (C=O) groups is 2. The van der Waals surface area contributed by atoms with Crippen molar-refractivity contribution in [2.45, 2.75) is 37.8 Å². The highest BCUT2D eigenvalue weighted by Gasteiger charge is 2.27. The van der Waals surface area contributed by atoms with Gasteiger partial charge >= 0.3 is 12.0 Å². The molecule has 1 saturated carbocycles. The number of carbonyl (C=O) groups excluding carboxylic acids is 1. The number of para-hydroxylation sites is 1. The number of hydrogen-bond acceptors (Lipinski definition) is 3. The largest absolute Gasteiger partial charge is 0.480 e. The molecule has 0 heterocycles. The third kappa shape index (κ3) is 4.19. The summed E-state index contributed by atoms with van der Waals surface area (Å²) in [5.41, 5.74) is 0.516. The number of benzene rings is 1. The van der Waals surface area contributed by atoms with Gasteiger partial charge in [-0.05, 0) is 25.0 Å². The van der Waals surface area contributed by atoms with E-state index in [1.165, 1.54) is 4.90 Å². The minimum Gasteiger partial charge on any atom is -0.480 e. The fourth-order valence-corrected chi connectivity index (χ4v) is 2.54. The molecule has 0 spiro atoms. The van der Waals surface area contributed by atoms with Crippen LogP contribution >= 0.6 is 0 Å². The lowest BCUT2D eigenvalue weighted by molar-refractivity contribution is -0.135. The molecule has 114 valence electrons. The maximum atomic E-state index is 12.3. The Labute approximate surface area is 123 Å². The van der Waals surface area contributed by atoms with Crippen LogP contribution in [0.25, 0.3) is 0 Å². The standard InChI is InChI=1S/C15H20N2O4/c18-13-9-5-4-8-12(13)16-15(21)17(10-14(19)20)11-6-2-1-3-7-11/h1-3,6-7,12-13,18H,4-5,8-10H2,(H,16,21)(H,19,20). The molecule has 1 aromatic carbocycles. The number of carboxylic acids is 1. The van der Waals surface area contributed by atoms with Crippen molar-refractivity contribution < 1.29 is 19.8 Å². The van der Waals surface area contributed by atoms with Crippen molar-refractivity contribution in [1.82, 2.24) is 5.32 Å². The molecule has 2 amide bonds. The molecule has 0 aromatic heterocycles. The molecule has 1 aromatic rings. The number of nitrogens with zero attached hydrogens (tertiary/aromatic N) is 1. The van der Waals surface area contributed by atoms with Crippen molar-refractivity contribution >= 4 is 17.7 Å². The van der Waals surface area contributed by atoms with Crippen molar-refractivity contribution in [2.24, 2.45) is 0 Å². The molecule has 0 saturated heterocycles. The van der Waals surface area contributed by atoms with Crippen LogP contribution in [0.2, 0.25) is 0 Å². The molecule has 21 heavy (non-hydrogen) atoms. The first-order valence-electron chi connectivity index (χ1n) is 7.11. The highest BCUT2D eigenvalue weighted by Crippen LogP contribution is 2.19. The van der Waals surface area contributed by atoms with Gasteiger partial charge in [-0.2, -0.15) is 0 Å². The van der Waals surface area contributed by atoms with Gasteiger partial charge in [0, 0.05) is 5.69 Å². The quantitative estimate of drug-likeness (QED) is 0.786. The summed E-state index contributed by atoms with van der Waals surface area (Å²) in [5, 5.41) is 21.6. The van der Waals surface area contributed by atoms with Crippen LogP contribution in [0.5, 0.6) is 0 Å². The van der Waals surface area contributed by atoms with Gasteiger partial charge < -0.3 is 15.5 Å². The summed E-state index contributed by atoms with van der Waals surface area (Å²) in [5.74, 6) is -1.09. The summed E-state index contributed by atoms with van der Waals surface area (Å²) in [4.78, 5) is 24.5. The van der Waals surface area contributed by atoms with E-state index >= 15 is 0 Å².